The van der Waals surface area contributed by atoms with Crippen molar-refractivity contribution in [2.45, 2.75) is 69.5 Å². The third-order valence-electron chi connectivity index (χ3n) is 12.9. The normalized spacial score (nSPS) is 22.4. The Bertz CT molecular complexity index is 2420. The number of hydrogen-bond donors (Lipinski definition) is 3. The zero-order chi connectivity index (χ0) is 43.1. The number of amides is 6. The lowest BCUT2D eigenvalue weighted by Gasteiger charge is -2.37. The molecule has 1 saturated carbocycles. The highest BCUT2D eigenvalue weighted by molar-refractivity contribution is 6.39. The summed E-state index contributed by atoms with van der Waals surface area (Å²) in [6.07, 6.45) is 8.90. The molecule has 0 bridgehead atoms. The van der Waals surface area contributed by atoms with Gasteiger partial charge < -0.3 is 29.7 Å². The minimum absolute atomic E-state index is 0.00926. The smallest absolute Gasteiger partial charge is 0.262 e. The lowest BCUT2D eigenvalue weighted by molar-refractivity contribution is -0.136. The lowest BCUT2D eigenvalue weighted by atomic mass is 9.86. The number of nitrogens with one attached hydrogen (secondary N) is 3. The van der Waals surface area contributed by atoms with Crippen molar-refractivity contribution in [1.29, 1.82) is 0 Å². The average Bonchev–Trinajstić information content (AvgIpc) is 3.78. The molecule has 3 saturated heterocycles. The van der Waals surface area contributed by atoms with Crippen LogP contribution in [0, 0.1) is 11.8 Å². The summed E-state index contributed by atoms with van der Waals surface area (Å²) in [5.74, 6) is -0.756. The summed E-state index contributed by atoms with van der Waals surface area (Å²) in [5, 5.41) is 9.42. The van der Waals surface area contributed by atoms with E-state index in [2.05, 4.69) is 40.4 Å². The highest BCUT2D eigenvalue weighted by Gasteiger charge is 2.45. The first-order chi connectivity index (χ1) is 30.0. The molecule has 0 radical (unpaired) electrons. The van der Waals surface area contributed by atoms with E-state index in [1.165, 1.54) is 12.1 Å². The Morgan fingerprint density at radius 1 is 0.855 bits per heavy atom. The number of piperidine rings is 3. The Hall–Kier alpha value is -5.65. The third-order valence-corrected chi connectivity index (χ3v) is 13.5. The molecule has 62 heavy (non-hydrogen) atoms. The SMILES string of the molecule is O=C1CC[C@H](N2C(=O)c3ccc(OCC(=O)N4CCC(CN5CCC(CNc6ncnc7c6ncn7C6CC(NC(=O)c7c(Cl)cccc7Cl)C6)CC5)CC4)cc3C2=O)C(=O)N1. The van der Waals surface area contributed by atoms with Crippen molar-refractivity contribution < 1.29 is 33.5 Å². The summed E-state index contributed by atoms with van der Waals surface area (Å²) in [4.78, 5) is 95.0. The van der Waals surface area contributed by atoms with Gasteiger partial charge in [-0.15, -0.1) is 0 Å². The van der Waals surface area contributed by atoms with Crippen LogP contribution in [0.25, 0.3) is 11.2 Å². The van der Waals surface area contributed by atoms with Crippen LogP contribution in [0.2, 0.25) is 10.0 Å². The van der Waals surface area contributed by atoms with Gasteiger partial charge in [0.1, 0.15) is 23.6 Å². The molecule has 0 spiro atoms. The van der Waals surface area contributed by atoms with Crippen LogP contribution in [0.5, 0.6) is 5.75 Å². The molecule has 19 heteroatoms. The molecule has 0 unspecified atom stereocenters. The lowest BCUT2D eigenvalue weighted by Crippen LogP contribution is -2.54. The molecule has 5 aliphatic rings. The third kappa shape index (κ3) is 8.44. The summed E-state index contributed by atoms with van der Waals surface area (Å²) in [5.41, 5.74) is 2.04. The molecular weight excluding hydrogens is 839 g/mol. The van der Waals surface area contributed by atoms with Gasteiger partial charge in [-0.3, -0.25) is 39.0 Å². The van der Waals surface area contributed by atoms with Crippen LogP contribution in [-0.4, -0.2) is 128 Å². The maximum Gasteiger partial charge on any atom is 0.262 e. The highest BCUT2D eigenvalue weighted by Crippen LogP contribution is 2.36. The van der Waals surface area contributed by atoms with E-state index >= 15 is 0 Å². The van der Waals surface area contributed by atoms with Gasteiger partial charge in [-0.1, -0.05) is 29.3 Å². The van der Waals surface area contributed by atoms with Crippen molar-refractivity contribution in [1.82, 2.24) is 44.9 Å². The number of carbonyl (C=O) groups excluding carboxylic acids is 6. The highest BCUT2D eigenvalue weighted by atomic mass is 35.5. The molecule has 17 nitrogen and oxygen atoms in total. The van der Waals surface area contributed by atoms with E-state index in [-0.39, 0.29) is 60.2 Å². The number of ether oxygens (including phenoxy) is 1. The molecule has 4 aliphatic heterocycles. The summed E-state index contributed by atoms with van der Waals surface area (Å²) in [6, 6.07) is 8.55. The Morgan fingerprint density at radius 3 is 2.32 bits per heavy atom. The maximum absolute atomic E-state index is 13.2. The van der Waals surface area contributed by atoms with Crippen molar-refractivity contribution in [2.24, 2.45) is 11.8 Å². The molecular formula is C43H46Cl2N10O7. The van der Waals surface area contributed by atoms with Crippen molar-refractivity contribution >= 4 is 75.6 Å². The summed E-state index contributed by atoms with van der Waals surface area (Å²) in [7, 11) is 0. The van der Waals surface area contributed by atoms with E-state index in [1.807, 2.05) is 4.90 Å². The fourth-order valence-electron chi connectivity index (χ4n) is 9.27. The summed E-state index contributed by atoms with van der Waals surface area (Å²) >= 11 is 12.5. The summed E-state index contributed by atoms with van der Waals surface area (Å²) in [6.45, 7) is 4.90. The molecule has 2 aromatic carbocycles. The molecule has 1 atom stereocenters. The second-order valence-electron chi connectivity index (χ2n) is 16.8. The quantitative estimate of drug-likeness (QED) is 0.172. The largest absolute Gasteiger partial charge is 0.484 e. The number of imide groups is 2. The first kappa shape index (κ1) is 41.7. The molecule has 6 heterocycles. The fraction of sp³-hybridized carbons (Fsp3) is 0.465. The van der Waals surface area contributed by atoms with Crippen molar-refractivity contribution in [3.63, 3.8) is 0 Å². The van der Waals surface area contributed by atoms with Gasteiger partial charge in [0.25, 0.3) is 23.6 Å². The van der Waals surface area contributed by atoms with Crippen molar-refractivity contribution in [3.8, 4) is 5.75 Å². The van der Waals surface area contributed by atoms with Crippen LogP contribution in [0.1, 0.15) is 88.5 Å². The Balaban J connectivity index is 0.683. The second-order valence-corrected chi connectivity index (χ2v) is 17.6. The molecule has 4 fully saturated rings. The van der Waals surface area contributed by atoms with Gasteiger partial charge in [0.05, 0.1) is 33.1 Å². The topological polar surface area (TPSA) is 201 Å². The van der Waals surface area contributed by atoms with Crippen LogP contribution in [0.4, 0.5) is 5.82 Å². The molecule has 2 aromatic heterocycles. The number of imidazole rings is 1. The number of benzene rings is 2. The molecule has 9 rings (SSSR count). The van der Waals surface area contributed by atoms with Crippen LogP contribution in [0.3, 0.4) is 0 Å². The minimum Gasteiger partial charge on any atom is -0.484 e. The summed E-state index contributed by atoms with van der Waals surface area (Å²) < 4.78 is 7.84. The molecule has 324 valence electrons. The van der Waals surface area contributed by atoms with Crippen LogP contribution >= 0.6 is 23.2 Å². The number of aromatic nitrogens is 4. The fourth-order valence-corrected chi connectivity index (χ4v) is 9.84. The Morgan fingerprint density at radius 2 is 1.58 bits per heavy atom. The van der Waals surface area contributed by atoms with Crippen LogP contribution in [-0.2, 0) is 14.4 Å². The van der Waals surface area contributed by atoms with Crippen molar-refractivity contribution in [3.05, 3.63) is 75.8 Å². The second kappa shape index (κ2) is 17.6. The number of halogens is 2. The van der Waals surface area contributed by atoms with E-state index in [0.29, 0.717) is 40.5 Å². The van der Waals surface area contributed by atoms with Gasteiger partial charge >= 0.3 is 0 Å². The number of fused-ring (bicyclic) bond motifs is 2. The number of anilines is 1. The minimum atomic E-state index is -1.05. The molecule has 4 aromatic rings. The maximum atomic E-state index is 13.2. The number of nitrogens with zero attached hydrogens (tertiary/aromatic N) is 7. The number of carbonyl (C=O) groups is 6. The van der Waals surface area contributed by atoms with E-state index in [1.54, 1.807) is 36.9 Å². The van der Waals surface area contributed by atoms with Crippen LogP contribution < -0.4 is 20.7 Å². The number of likely N-dealkylation sites (tertiary alicyclic amines) is 2. The van der Waals surface area contributed by atoms with E-state index < -0.39 is 29.7 Å². The van der Waals surface area contributed by atoms with Crippen LogP contribution in [0.15, 0.2) is 49.1 Å². The van der Waals surface area contributed by atoms with Crippen molar-refractivity contribution in [2.75, 3.05) is 51.2 Å². The van der Waals surface area contributed by atoms with E-state index in [9.17, 15) is 28.8 Å². The predicted molar refractivity (Wildman–Crippen MR) is 227 cm³/mol. The standard InChI is InChI=1S/C43H46Cl2N10O7/c44-31-2-1-3-32(45)36(31)41(59)50-26-16-27(17-26)54-23-49-37-38(47-22-48-39(37)54)46-19-24-8-12-52(13-9-24)20-25-10-14-53(15-11-25)35(57)21-62-28-4-5-29-30(18-28)43(61)55(42(29)60)33-6-7-34(56)51-40(33)58/h1-5,18,22-27,33H,6-17,19-21H2,(H,50,59)(H,46,47,48)(H,51,56,58)/t26?,27?,33-/m0/s1. The van der Waals surface area contributed by atoms with Gasteiger partial charge in [0, 0.05) is 44.7 Å². The monoisotopic (exact) mass is 884 g/mol. The van der Waals surface area contributed by atoms with E-state index in [4.69, 9.17) is 27.9 Å². The van der Waals surface area contributed by atoms with Gasteiger partial charge in [0.2, 0.25) is 11.8 Å². The first-order valence-corrected chi connectivity index (χ1v) is 21.9. The number of hydrogen-bond acceptors (Lipinski definition) is 12. The Kier molecular flexibility index (Phi) is 11.8. The average molecular weight is 886 g/mol. The molecule has 1 aliphatic carbocycles. The van der Waals surface area contributed by atoms with E-state index in [0.717, 1.165) is 86.6 Å². The zero-order valence-corrected chi connectivity index (χ0v) is 35.4. The predicted octanol–water partition coefficient (Wildman–Crippen LogP) is 4.11. The number of rotatable bonds is 12. The van der Waals surface area contributed by atoms with Gasteiger partial charge in [-0.2, -0.15) is 0 Å². The Labute approximate surface area is 366 Å². The zero-order valence-electron chi connectivity index (χ0n) is 33.9. The van der Waals surface area contributed by atoms with Gasteiger partial charge in [-0.25, -0.2) is 15.0 Å². The van der Waals surface area contributed by atoms with Gasteiger partial charge in [-0.05, 0) is 100 Å². The van der Waals surface area contributed by atoms with Gasteiger partial charge in [0.15, 0.2) is 18.1 Å². The molecule has 3 N–H and O–H groups in total. The molecule has 6 amide bonds. The first-order valence-electron chi connectivity index (χ1n) is 21.2.